The Morgan fingerprint density at radius 3 is 3.21 bits per heavy atom. The second kappa shape index (κ2) is 4.89. The number of nitrogens with zero attached hydrogens (tertiary/aromatic N) is 2. The number of carbonyl (C=O) groups excluding carboxylic acids is 1. The average molecular weight is 260 g/mol. The summed E-state index contributed by atoms with van der Waals surface area (Å²) in [6.07, 6.45) is 0.521. The molecule has 0 bridgehead atoms. The summed E-state index contributed by atoms with van der Waals surface area (Å²) in [6, 6.07) is 5.43. The molecule has 1 aliphatic rings. The Balaban J connectivity index is 1.75. The molecule has 1 aliphatic heterocycles. The van der Waals surface area contributed by atoms with Crippen LogP contribution in [0.4, 0.5) is 5.69 Å². The van der Waals surface area contributed by atoms with E-state index >= 15 is 0 Å². The van der Waals surface area contributed by atoms with Gasteiger partial charge in [-0.05, 0) is 18.2 Å². The topological polar surface area (TPSA) is 84.4 Å². The van der Waals surface area contributed by atoms with Gasteiger partial charge >= 0.3 is 0 Å². The van der Waals surface area contributed by atoms with Gasteiger partial charge < -0.3 is 15.5 Å². The van der Waals surface area contributed by atoms with Crippen molar-refractivity contribution < 1.29 is 9.21 Å². The number of anilines is 1. The van der Waals surface area contributed by atoms with Crippen LogP contribution in [0.15, 0.2) is 22.6 Å². The van der Waals surface area contributed by atoms with Gasteiger partial charge in [0.25, 0.3) is 0 Å². The summed E-state index contributed by atoms with van der Waals surface area (Å²) in [5.41, 5.74) is 7.91. The Bertz CT molecular complexity index is 608. The molecule has 6 nitrogen and oxygen atoms in total. The van der Waals surface area contributed by atoms with Crippen molar-refractivity contribution in [2.45, 2.75) is 13.0 Å². The molecule has 0 radical (unpaired) electrons. The number of aromatic nitrogens is 1. The molecular weight excluding hydrogens is 244 g/mol. The third-order valence-electron chi connectivity index (χ3n) is 3.22. The van der Waals surface area contributed by atoms with Crippen LogP contribution in [0.25, 0.3) is 11.1 Å². The Labute approximate surface area is 110 Å². The van der Waals surface area contributed by atoms with Crippen LogP contribution in [0.1, 0.15) is 12.3 Å². The number of hydrogen-bond acceptors (Lipinski definition) is 5. The summed E-state index contributed by atoms with van der Waals surface area (Å²) in [4.78, 5) is 17.9. The van der Waals surface area contributed by atoms with E-state index in [9.17, 15) is 4.79 Å². The highest BCUT2D eigenvalue weighted by molar-refractivity contribution is 5.77. The fraction of sp³-hybridized carbons (Fsp3) is 0.385. The maximum atomic E-state index is 11.3. The third-order valence-corrected chi connectivity index (χ3v) is 3.22. The molecule has 1 amide bonds. The number of fused-ring (bicyclic) bond motifs is 1. The van der Waals surface area contributed by atoms with Crippen molar-refractivity contribution in [1.82, 2.24) is 15.2 Å². The molecule has 3 rings (SSSR count). The third kappa shape index (κ3) is 2.68. The van der Waals surface area contributed by atoms with Gasteiger partial charge in [-0.3, -0.25) is 9.69 Å². The lowest BCUT2D eigenvalue weighted by molar-refractivity contribution is -0.120. The zero-order chi connectivity index (χ0) is 13.2. The van der Waals surface area contributed by atoms with Crippen molar-refractivity contribution in [3.8, 4) is 0 Å². The number of nitrogen functional groups attached to an aromatic ring is 1. The molecule has 2 aromatic rings. The Kier molecular flexibility index (Phi) is 3.08. The number of nitrogens with two attached hydrogens (primary N) is 1. The van der Waals surface area contributed by atoms with Crippen molar-refractivity contribution in [1.29, 1.82) is 0 Å². The molecule has 1 saturated heterocycles. The first kappa shape index (κ1) is 12.0. The zero-order valence-electron chi connectivity index (χ0n) is 10.6. The normalized spacial score (nSPS) is 17.4. The number of benzene rings is 1. The zero-order valence-corrected chi connectivity index (χ0v) is 10.6. The van der Waals surface area contributed by atoms with E-state index in [-0.39, 0.29) is 5.91 Å². The smallest absolute Gasteiger partial charge is 0.221 e. The highest BCUT2D eigenvalue weighted by Crippen LogP contribution is 2.19. The fourth-order valence-electron chi connectivity index (χ4n) is 2.22. The number of amides is 1. The highest BCUT2D eigenvalue weighted by atomic mass is 16.3. The van der Waals surface area contributed by atoms with E-state index in [0.717, 1.165) is 24.2 Å². The van der Waals surface area contributed by atoms with E-state index in [4.69, 9.17) is 10.2 Å². The summed E-state index contributed by atoms with van der Waals surface area (Å²) in [6.45, 7) is 2.83. The summed E-state index contributed by atoms with van der Waals surface area (Å²) in [5.74, 6) is 0.766. The van der Waals surface area contributed by atoms with Gasteiger partial charge in [0.05, 0.1) is 6.54 Å². The summed E-state index contributed by atoms with van der Waals surface area (Å²) >= 11 is 0. The van der Waals surface area contributed by atoms with Crippen molar-refractivity contribution in [3.05, 3.63) is 24.1 Å². The van der Waals surface area contributed by atoms with E-state index in [1.165, 1.54) is 0 Å². The molecule has 1 aromatic heterocycles. The number of oxazole rings is 1. The van der Waals surface area contributed by atoms with Gasteiger partial charge in [0.1, 0.15) is 5.52 Å². The van der Waals surface area contributed by atoms with Gasteiger partial charge in [-0.2, -0.15) is 0 Å². The van der Waals surface area contributed by atoms with E-state index in [1.54, 1.807) is 12.1 Å². The summed E-state index contributed by atoms with van der Waals surface area (Å²) < 4.78 is 5.68. The molecule has 0 atom stereocenters. The molecule has 2 heterocycles. The molecule has 100 valence electrons. The molecule has 0 aliphatic carbocycles. The first-order chi connectivity index (χ1) is 9.20. The van der Waals surface area contributed by atoms with Crippen LogP contribution < -0.4 is 11.1 Å². The van der Waals surface area contributed by atoms with E-state index in [2.05, 4.69) is 15.2 Å². The lowest BCUT2D eigenvalue weighted by Crippen LogP contribution is -2.28. The van der Waals surface area contributed by atoms with E-state index in [1.807, 2.05) is 6.07 Å². The van der Waals surface area contributed by atoms with Gasteiger partial charge in [-0.1, -0.05) is 0 Å². The molecule has 19 heavy (non-hydrogen) atoms. The van der Waals surface area contributed by atoms with E-state index in [0.29, 0.717) is 31.1 Å². The number of rotatable bonds is 2. The van der Waals surface area contributed by atoms with Crippen LogP contribution in [-0.4, -0.2) is 35.4 Å². The Hall–Kier alpha value is -2.08. The van der Waals surface area contributed by atoms with Crippen molar-refractivity contribution >= 4 is 22.7 Å². The van der Waals surface area contributed by atoms with Crippen LogP contribution in [-0.2, 0) is 11.3 Å². The van der Waals surface area contributed by atoms with Gasteiger partial charge in [0, 0.05) is 31.7 Å². The average Bonchev–Trinajstić information content (AvgIpc) is 2.65. The Morgan fingerprint density at radius 2 is 2.32 bits per heavy atom. The highest BCUT2D eigenvalue weighted by Gasteiger charge is 2.16. The first-order valence-electron chi connectivity index (χ1n) is 6.35. The number of hydrogen-bond donors (Lipinski definition) is 2. The summed E-state index contributed by atoms with van der Waals surface area (Å²) in [5, 5.41) is 2.85. The minimum Gasteiger partial charge on any atom is -0.439 e. The van der Waals surface area contributed by atoms with Crippen molar-refractivity contribution in [2.75, 3.05) is 25.4 Å². The van der Waals surface area contributed by atoms with Crippen molar-refractivity contribution in [2.24, 2.45) is 0 Å². The lowest BCUT2D eigenvalue weighted by atomic mass is 10.3. The quantitative estimate of drug-likeness (QED) is 0.778. The lowest BCUT2D eigenvalue weighted by Gasteiger charge is -2.16. The number of nitrogens with one attached hydrogen (secondary N) is 1. The fourth-order valence-corrected chi connectivity index (χ4v) is 2.22. The SMILES string of the molecule is Nc1ccc2oc(CN3CCNC(=O)CC3)nc2c1. The van der Waals surface area contributed by atoms with Gasteiger partial charge in [0.2, 0.25) is 11.8 Å². The monoisotopic (exact) mass is 260 g/mol. The predicted octanol–water partition coefficient (Wildman–Crippen LogP) is 0.732. The van der Waals surface area contributed by atoms with Crippen LogP contribution in [0, 0.1) is 0 Å². The molecule has 1 fully saturated rings. The maximum Gasteiger partial charge on any atom is 0.221 e. The van der Waals surface area contributed by atoms with Crippen LogP contribution in [0.3, 0.4) is 0 Å². The van der Waals surface area contributed by atoms with Crippen LogP contribution in [0.5, 0.6) is 0 Å². The van der Waals surface area contributed by atoms with Gasteiger partial charge in [0.15, 0.2) is 5.58 Å². The largest absolute Gasteiger partial charge is 0.439 e. The van der Waals surface area contributed by atoms with Gasteiger partial charge in [-0.15, -0.1) is 0 Å². The second-order valence-electron chi connectivity index (χ2n) is 4.71. The van der Waals surface area contributed by atoms with Crippen molar-refractivity contribution in [3.63, 3.8) is 0 Å². The predicted molar refractivity (Wildman–Crippen MR) is 71.3 cm³/mol. The second-order valence-corrected chi connectivity index (χ2v) is 4.71. The molecular formula is C13H16N4O2. The number of carbonyl (C=O) groups is 1. The molecule has 0 saturated carbocycles. The minimum absolute atomic E-state index is 0.104. The molecule has 6 heteroatoms. The molecule has 0 unspecified atom stereocenters. The first-order valence-corrected chi connectivity index (χ1v) is 6.35. The van der Waals surface area contributed by atoms with Crippen LogP contribution >= 0.6 is 0 Å². The molecule has 1 aromatic carbocycles. The Morgan fingerprint density at radius 1 is 1.42 bits per heavy atom. The maximum absolute atomic E-state index is 11.3. The standard InChI is InChI=1S/C13H16N4O2/c14-9-1-2-11-10(7-9)16-13(19-11)8-17-5-3-12(18)15-4-6-17/h1-2,7H,3-6,8,14H2,(H,15,18). The molecule has 3 N–H and O–H groups in total. The van der Waals surface area contributed by atoms with Crippen LogP contribution in [0.2, 0.25) is 0 Å². The summed E-state index contributed by atoms with van der Waals surface area (Å²) in [7, 11) is 0. The molecule has 0 spiro atoms. The van der Waals surface area contributed by atoms with E-state index < -0.39 is 0 Å². The van der Waals surface area contributed by atoms with Gasteiger partial charge in [-0.25, -0.2) is 4.98 Å². The minimum atomic E-state index is 0.104.